The average molecular weight is 393 g/mol. The van der Waals surface area contributed by atoms with E-state index >= 15 is 0 Å². The summed E-state index contributed by atoms with van der Waals surface area (Å²) in [5, 5.41) is 2.74. The highest BCUT2D eigenvalue weighted by Crippen LogP contribution is 2.32. The van der Waals surface area contributed by atoms with Gasteiger partial charge in [-0.3, -0.25) is 9.59 Å². The number of hydrogen-bond donors (Lipinski definition) is 2. The third kappa shape index (κ3) is 4.37. The minimum Gasteiger partial charge on any atom is -0.497 e. The van der Waals surface area contributed by atoms with E-state index in [-0.39, 0.29) is 5.69 Å². The standard InChI is InChI=1S/C21H19N3O5/c1-27-15-5-2-13(3-6-15)10-19-23-16(12-20(25)24-19)21(26)22-14-4-7-17-18(11-14)29-9-8-28-17/h2-7,11-12H,8-10H2,1H3,(H,22,26)(H,23,24,25). The fourth-order valence-electron chi connectivity index (χ4n) is 2.96. The summed E-state index contributed by atoms with van der Waals surface area (Å²) in [6, 6.07) is 13.7. The molecule has 2 N–H and O–H groups in total. The van der Waals surface area contributed by atoms with Crippen molar-refractivity contribution in [2.45, 2.75) is 6.42 Å². The lowest BCUT2D eigenvalue weighted by Gasteiger charge is -2.19. The van der Waals surface area contributed by atoms with Crippen molar-refractivity contribution in [3.63, 3.8) is 0 Å². The molecule has 29 heavy (non-hydrogen) atoms. The molecule has 1 aliphatic rings. The van der Waals surface area contributed by atoms with E-state index in [1.54, 1.807) is 25.3 Å². The molecule has 0 saturated heterocycles. The predicted molar refractivity (Wildman–Crippen MR) is 106 cm³/mol. The molecule has 1 amide bonds. The summed E-state index contributed by atoms with van der Waals surface area (Å²) < 4.78 is 16.1. The van der Waals surface area contributed by atoms with Crippen molar-refractivity contribution in [2.24, 2.45) is 0 Å². The molecule has 148 valence electrons. The second kappa shape index (κ2) is 8.05. The topological polar surface area (TPSA) is 103 Å². The molecule has 0 saturated carbocycles. The van der Waals surface area contributed by atoms with Crippen LogP contribution < -0.4 is 25.1 Å². The Labute approximate surface area is 166 Å². The maximum Gasteiger partial charge on any atom is 0.274 e. The van der Waals surface area contributed by atoms with E-state index in [1.807, 2.05) is 24.3 Å². The highest BCUT2D eigenvalue weighted by Gasteiger charge is 2.15. The number of carbonyl (C=O) groups is 1. The van der Waals surface area contributed by atoms with Gasteiger partial charge in [0, 0.05) is 24.2 Å². The number of aromatic nitrogens is 2. The minimum atomic E-state index is -0.483. The number of hydrogen-bond acceptors (Lipinski definition) is 6. The molecule has 8 nitrogen and oxygen atoms in total. The Kier molecular flexibility index (Phi) is 5.15. The third-order valence-electron chi connectivity index (χ3n) is 4.35. The number of fused-ring (bicyclic) bond motifs is 1. The zero-order valence-corrected chi connectivity index (χ0v) is 15.7. The molecular weight excluding hydrogens is 374 g/mol. The maximum absolute atomic E-state index is 12.6. The fourth-order valence-corrected chi connectivity index (χ4v) is 2.96. The summed E-state index contributed by atoms with van der Waals surface area (Å²) in [5.41, 5.74) is 1.10. The summed E-state index contributed by atoms with van der Waals surface area (Å²) in [4.78, 5) is 31.6. The fraction of sp³-hybridized carbons (Fsp3) is 0.190. The van der Waals surface area contributed by atoms with Gasteiger partial charge >= 0.3 is 0 Å². The quantitative estimate of drug-likeness (QED) is 0.690. The summed E-state index contributed by atoms with van der Waals surface area (Å²) in [7, 11) is 1.60. The molecule has 2 heterocycles. The lowest BCUT2D eigenvalue weighted by molar-refractivity contribution is 0.102. The number of methoxy groups -OCH3 is 1. The van der Waals surface area contributed by atoms with Crippen molar-refractivity contribution in [3.05, 3.63) is 76.0 Å². The number of aromatic amines is 1. The van der Waals surface area contributed by atoms with Crippen LogP contribution >= 0.6 is 0 Å². The molecule has 1 aliphatic heterocycles. The van der Waals surface area contributed by atoms with Gasteiger partial charge in [-0.25, -0.2) is 4.98 Å². The zero-order chi connectivity index (χ0) is 20.2. The van der Waals surface area contributed by atoms with Crippen molar-refractivity contribution in [3.8, 4) is 17.2 Å². The van der Waals surface area contributed by atoms with Crippen LogP contribution in [0.15, 0.2) is 53.3 Å². The molecule has 0 radical (unpaired) electrons. The van der Waals surface area contributed by atoms with Crippen LogP contribution in [0.25, 0.3) is 0 Å². The van der Waals surface area contributed by atoms with Gasteiger partial charge in [0.15, 0.2) is 11.5 Å². The molecule has 2 aromatic carbocycles. The minimum absolute atomic E-state index is 0.0344. The van der Waals surface area contributed by atoms with Gasteiger partial charge in [-0.2, -0.15) is 0 Å². The Morgan fingerprint density at radius 2 is 1.86 bits per heavy atom. The molecule has 0 atom stereocenters. The molecule has 1 aromatic heterocycles. The number of carbonyl (C=O) groups excluding carboxylic acids is 1. The number of anilines is 1. The first-order chi connectivity index (χ1) is 14.1. The molecule has 0 spiro atoms. The van der Waals surface area contributed by atoms with Crippen molar-refractivity contribution >= 4 is 11.6 Å². The van der Waals surface area contributed by atoms with E-state index in [4.69, 9.17) is 14.2 Å². The second-order valence-corrected chi connectivity index (χ2v) is 6.41. The van der Waals surface area contributed by atoms with Gasteiger partial charge in [-0.1, -0.05) is 12.1 Å². The van der Waals surface area contributed by atoms with Gasteiger partial charge in [0.05, 0.1) is 7.11 Å². The third-order valence-corrected chi connectivity index (χ3v) is 4.35. The van der Waals surface area contributed by atoms with E-state index in [9.17, 15) is 9.59 Å². The Bertz CT molecular complexity index is 1090. The number of nitrogens with zero attached hydrogens (tertiary/aromatic N) is 1. The highest BCUT2D eigenvalue weighted by atomic mass is 16.6. The summed E-state index contributed by atoms with van der Waals surface area (Å²) >= 11 is 0. The lowest BCUT2D eigenvalue weighted by Crippen LogP contribution is -2.21. The molecule has 0 aliphatic carbocycles. The van der Waals surface area contributed by atoms with E-state index in [0.717, 1.165) is 11.3 Å². The monoisotopic (exact) mass is 393 g/mol. The Morgan fingerprint density at radius 1 is 1.10 bits per heavy atom. The van der Waals surface area contributed by atoms with Crippen LogP contribution in [0.5, 0.6) is 17.2 Å². The number of benzene rings is 2. The van der Waals surface area contributed by atoms with Gasteiger partial charge in [-0.15, -0.1) is 0 Å². The highest BCUT2D eigenvalue weighted by molar-refractivity contribution is 6.02. The van der Waals surface area contributed by atoms with Gasteiger partial charge in [0.1, 0.15) is 30.5 Å². The number of rotatable bonds is 5. The number of ether oxygens (including phenoxy) is 3. The zero-order valence-electron chi connectivity index (χ0n) is 15.7. The molecule has 0 fully saturated rings. The lowest BCUT2D eigenvalue weighted by atomic mass is 10.1. The van der Waals surface area contributed by atoms with Gasteiger partial charge in [0.2, 0.25) is 0 Å². The normalized spacial score (nSPS) is 12.3. The molecular formula is C21H19N3O5. The van der Waals surface area contributed by atoms with E-state index in [2.05, 4.69) is 15.3 Å². The van der Waals surface area contributed by atoms with Crippen LogP contribution in [-0.2, 0) is 6.42 Å². The van der Waals surface area contributed by atoms with E-state index in [0.29, 0.717) is 42.6 Å². The first-order valence-electron chi connectivity index (χ1n) is 9.05. The van der Waals surface area contributed by atoms with Crippen LogP contribution in [0.1, 0.15) is 21.9 Å². The van der Waals surface area contributed by atoms with Gasteiger partial charge in [-0.05, 0) is 29.8 Å². The Morgan fingerprint density at radius 3 is 2.62 bits per heavy atom. The summed E-state index contributed by atoms with van der Waals surface area (Å²) in [6.45, 7) is 0.946. The van der Waals surface area contributed by atoms with E-state index in [1.165, 1.54) is 6.07 Å². The Hall–Kier alpha value is -3.81. The van der Waals surface area contributed by atoms with Crippen LogP contribution in [-0.4, -0.2) is 36.2 Å². The largest absolute Gasteiger partial charge is 0.497 e. The van der Waals surface area contributed by atoms with Crippen LogP contribution in [0.3, 0.4) is 0 Å². The molecule has 8 heteroatoms. The van der Waals surface area contributed by atoms with Crippen molar-refractivity contribution < 1.29 is 19.0 Å². The number of H-pyrrole nitrogens is 1. The van der Waals surface area contributed by atoms with Crippen molar-refractivity contribution in [1.29, 1.82) is 0 Å². The summed E-state index contributed by atoms with van der Waals surface area (Å²) in [5.74, 6) is 1.85. The molecule has 0 bridgehead atoms. The predicted octanol–water partition coefficient (Wildman–Crippen LogP) is 2.39. The van der Waals surface area contributed by atoms with Crippen LogP contribution in [0.4, 0.5) is 5.69 Å². The van der Waals surface area contributed by atoms with Crippen molar-refractivity contribution in [2.75, 3.05) is 25.6 Å². The van der Waals surface area contributed by atoms with Gasteiger partial charge < -0.3 is 24.5 Å². The number of amides is 1. The van der Waals surface area contributed by atoms with E-state index < -0.39 is 11.5 Å². The van der Waals surface area contributed by atoms with Crippen LogP contribution in [0, 0.1) is 0 Å². The first-order valence-corrected chi connectivity index (χ1v) is 9.05. The van der Waals surface area contributed by atoms with Crippen molar-refractivity contribution in [1.82, 2.24) is 9.97 Å². The van der Waals surface area contributed by atoms with Crippen LogP contribution in [0.2, 0.25) is 0 Å². The maximum atomic E-state index is 12.6. The second-order valence-electron chi connectivity index (χ2n) is 6.41. The SMILES string of the molecule is COc1ccc(Cc2nc(C(=O)Nc3ccc4c(c3)OCCO4)cc(=O)[nH]2)cc1. The summed E-state index contributed by atoms with van der Waals surface area (Å²) in [6.07, 6.45) is 0.379. The average Bonchev–Trinajstić information content (AvgIpc) is 2.74. The molecule has 0 unspecified atom stereocenters. The van der Waals surface area contributed by atoms with Gasteiger partial charge in [0.25, 0.3) is 11.5 Å². The molecule has 4 rings (SSSR count). The number of nitrogens with one attached hydrogen (secondary N) is 2. The Balaban J connectivity index is 1.51. The smallest absolute Gasteiger partial charge is 0.274 e. The molecule has 3 aromatic rings. The first kappa shape index (κ1) is 18.5.